The van der Waals surface area contributed by atoms with Crippen LogP contribution in [0.1, 0.15) is 0 Å². The molecule has 0 spiro atoms. The Balaban J connectivity index is 2.23. The van der Waals surface area contributed by atoms with Crippen molar-refractivity contribution in [3.05, 3.63) is 52.1 Å². The summed E-state index contributed by atoms with van der Waals surface area (Å²) in [6.45, 7) is 0. The Hall–Kier alpha value is -1.36. The maximum Gasteiger partial charge on any atom is 0.139 e. The van der Waals surface area contributed by atoms with Gasteiger partial charge >= 0.3 is 0 Å². The van der Waals surface area contributed by atoms with Gasteiger partial charge < -0.3 is 4.98 Å². The number of fused-ring (bicyclic) bond motifs is 1. The minimum Gasteiger partial charge on any atom is -0.338 e. The maximum atomic E-state index is 4.58. The maximum absolute atomic E-state index is 4.58. The molecule has 3 heteroatoms. The third-order valence-electron chi connectivity index (χ3n) is 2.52. The van der Waals surface area contributed by atoms with E-state index in [4.69, 9.17) is 0 Å². The molecule has 0 aliphatic carbocycles. The number of aromatic nitrogens is 2. The van der Waals surface area contributed by atoms with Gasteiger partial charge in [0.2, 0.25) is 0 Å². The van der Waals surface area contributed by atoms with Crippen molar-refractivity contribution in [2.24, 2.45) is 0 Å². The fraction of sp³-hybridized carbons (Fsp3) is 0. The Morgan fingerprint density at radius 3 is 2.50 bits per heavy atom. The molecule has 3 rings (SSSR count). The van der Waals surface area contributed by atoms with Crippen LogP contribution >= 0.6 is 22.6 Å². The van der Waals surface area contributed by atoms with Crippen molar-refractivity contribution in [1.82, 2.24) is 9.97 Å². The summed E-state index contributed by atoms with van der Waals surface area (Å²) in [4.78, 5) is 7.92. The average molecular weight is 320 g/mol. The van der Waals surface area contributed by atoms with Gasteiger partial charge in [0, 0.05) is 9.13 Å². The van der Waals surface area contributed by atoms with E-state index in [-0.39, 0.29) is 0 Å². The number of halogens is 1. The van der Waals surface area contributed by atoms with Crippen molar-refractivity contribution in [3.63, 3.8) is 0 Å². The van der Waals surface area contributed by atoms with E-state index in [9.17, 15) is 0 Å². The molecule has 2 nitrogen and oxygen atoms in total. The molecule has 0 atom stereocenters. The lowest BCUT2D eigenvalue weighted by atomic mass is 10.2. The standard InChI is InChI=1S/C13H9IN2/c14-10-6-2-1-5-9(10)13-15-11-7-3-4-8-12(11)16-13/h1-8H,(H,15,16). The van der Waals surface area contributed by atoms with Crippen molar-refractivity contribution in [2.45, 2.75) is 0 Å². The number of rotatable bonds is 1. The fourth-order valence-corrected chi connectivity index (χ4v) is 2.38. The Kier molecular flexibility index (Phi) is 2.40. The molecule has 0 radical (unpaired) electrons. The summed E-state index contributed by atoms with van der Waals surface area (Å²) >= 11 is 2.33. The molecular formula is C13H9IN2. The second-order valence-corrected chi connectivity index (χ2v) is 4.74. The summed E-state index contributed by atoms with van der Waals surface area (Å²) < 4.78 is 1.21. The molecule has 0 bridgehead atoms. The quantitative estimate of drug-likeness (QED) is 0.678. The first kappa shape index (κ1) is 9.84. The van der Waals surface area contributed by atoms with Crippen LogP contribution in [0.15, 0.2) is 48.5 Å². The summed E-state index contributed by atoms with van der Waals surface area (Å²) in [6, 6.07) is 16.3. The predicted octanol–water partition coefficient (Wildman–Crippen LogP) is 3.83. The van der Waals surface area contributed by atoms with E-state index in [2.05, 4.69) is 44.7 Å². The van der Waals surface area contributed by atoms with E-state index < -0.39 is 0 Å². The Bertz CT molecular complexity index is 610. The summed E-state index contributed by atoms with van der Waals surface area (Å²) in [5.41, 5.74) is 3.24. The van der Waals surface area contributed by atoms with Gasteiger partial charge in [0.25, 0.3) is 0 Å². The number of benzene rings is 2. The molecule has 0 amide bonds. The van der Waals surface area contributed by atoms with Gasteiger partial charge in [0.05, 0.1) is 11.0 Å². The average Bonchev–Trinajstić information content (AvgIpc) is 2.73. The van der Waals surface area contributed by atoms with Gasteiger partial charge in [0.1, 0.15) is 5.82 Å². The van der Waals surface area contributed by atoms with Crippen LogP contribution in [-0.4, -0.2) is 9.97 Å². The van der Waals surface area contributed by atoms with Crippen LogP contribution in [0.4, 0.5) is 0 Å². The molecule has 0 aliphatic heterocycles. The number of para-hydroxylation sites is 2. The van der Waals surface area contributed by atoms with Crippen LogP contribution in [0.3, 0.4) is 0 Å². The van der Waals surface area contributed by atoms with E-state index in [0.29, 0.717) is 0 Å². The molecule has 1 N–H and O–H groups in total. The monoisotopic (exact) mass is 320 g/mol. The van der Waals surface area contributed by atoms with Gasteiger partial charge in [-0.2, -0.15) is 0 Å². The molecule has 0 fully saturated rings. The Morgan fingerprint density at radius 1 is 0.938 bits per heavy atom. The lowest BCUT2D eigenvalue weighted by molar-refractivity contribution is 1.33. The lowest BCUT2D eigenvalue weighted by Crippen LogP contribution is -1.83. The minimum atomic E-state index is 0.936. The first-order valence-electron chi connectivity index (χ1n) is 5.04. The number of nitrogens with zero attached hydrogens (tertiary/aromatic N) is 1. The zero-order valence-electron chi connectivity index (χ0n) is 8.44. The third kappa shape index (κ3) is 1.61. The molecule has 0 saturated heterocycles. The van der Waals surface area contributed by atoms with Crippen molar-refractivity contribution in [1.29, 1.82) is 0 Å². The molecule has 1 aromatic heterocycles. The van der Waals surface area contributed by atoms with E-state index in [0.717, 1.165) is 22.4 Å². The van der Waals surface area contributed by atoms with E-state index in [1.165, 1.54) is 3.57 Å². The zero-order valence-corrected chi connectivity index (χ0v) is 10.6. The molecule has 2 aromatic carbocycles. The highest BCUT2D eigenvalue weighted by Crippen LogP contribution is 2.24. The SMILES string of the molecule is Ic1ccccc1-c1nc2ccccc2[nH]1. The number of nitrogens with one attached hydrogen (secondary N) is 1. The second kappa shape index (κ2) is 3.90. The highest BCUT2D eigenvalue weighted by atomic mass is 127. The number of hydrogen-bond acceptors (Lipinski definition) is 1. The van der Waals surface area contributed by atoms with Gasteiger partial charge in [-0.3, -0.25) is 0 Å². The molecule has 1 heterocycles. The van der Waals surface area contributed by atoms with Crippen LogP contribution in [0.2, 0.25) is 0 Å². The van der Waals surface area contributed by atoms with Crippen LogP contribution < -0.4 is 0 Å². The second-order valence-electron chi connectivity index (χ2n) is 3.58. The fourth-order valence-electron chi connectivity index (χ4n) is 1.73. The van der Waals surface area contributed by atoms with Crippen LogP contribution in [0.5, 0.6) is 0 Å². The number of H-pyrrole nitrogens is 1. The lowest BCUT2D eigenvalue weighted by Gasteiger charge is -1.98. The summed E-state index contributed by atoms with van der Waals surface area (Å²) in [5, 5.41) is 0. The summed E-state index contributed by atoms with van der Waals surface area (Å²) in [6.07, 6.45) is 0. The van der Waals surface area contributed by atoms with Gasteiger partial charge in [-0.05, 0) is 40.8 Å². The van der Waals surface area contributed by atoms with Crippen LogP contribution in [0.25, 0.3) is 22.4 Å². The van der Waals surface area contributed by atoms with E-state index in [1.54, 1.807) is 0 Å². The predicted molar refractivity (Wildman–Crippen MR) is 74.2 cm³/mol. The van der Waals surface area contributed by atoms with E-state index in [1.807, 2.05) is 36.4 Å². The largest absolute Gasteiger partial charge is 0.338 e. The smallest absolute Gasteiger partial charge is 0.139 e. The van der Waals surface area contributed by atoms with Crippen molar-refractivity contribution >= 4 is 33.6 Å². The topological polar surface area (TPSA) is 28.7 Å². The van der Waals surface area contributed by atoms with Gasteiger partial charge in [-0.15, -0.1) is 0 Å². The van der Waals surface area contributed by atoms with Crippen molar-refractivity contribution in [2.75, 3.05) is 0 Å². The number of aromatic amines is 1. The van der Waals surface area contributed by atoms with Gasteiger partial charge in [-0.1, -0.05) is 30.3 Å². The van der Waals surface area contributed by atoms with Gasteiger partial charge in [-0.25, -0.2) is 4.98 Å². The molecule has 16 heavy (non-hydrogen) atoms. The minimum absolute atomic E-state index is 0.936. The first-order chi connectivity index (χ1) is 7.84. The Labute approximate surface area is 107 Å². The van der Waals surface area contributed by atoms with Crippen molar-refractivity contribution < 1.29 is 0 Å². The summed E-state index contributed by atoms with van der Waals surface area (Å²) in [5.74, 6) is 0.936. The number of hydrogen-bond donors (Lipinski definition) is 1. The third-order valence-corrected chi connectivity index (χ3v) is 3.46. The normalized spacial score (nSPS) is 10.8. The van der Waals surface area contributed by atoms with Crippen molar-refractivity contribution in [3.8, 4) is 11.4 Å². The molecule has 0 unspecified atom stereocenters. The van der Waals surface area contributed by atoms with Gasteiger partial charge in [0.15, 0.2) is 0 Å². The molecule has 78 valence electrons. The zero-order chi connectivity index (χ0) is 11.0. The highest BCUT2D eigenvalue weighted by molar-refractivity contribution is 14.1. The summed E-state index contributed by atoms with van der Waals surface area (Å²) in [7, 11) is 0. The van der Waals surface area contributed by atoms with E-state index >= 15 is 0 Å². The van der Waals surface area contributed by atoms with Crippen LogP contribution in [-0.2, 0) is 0 Å². The molecule has 0 saturated carbocycles. The molecule has 0 aliphatic rings. The van der Waals surface area contributed by atoms with Crippen LogP contribution in [0, 0.1) is 3.57 Å². The molecule has 3 aromatic rings. The first-order valence-corrected chi connectivity index (χ1v) is 6.12. The Morgan fingerprint density at radius 2 is 1.69 bits per heavy atom. The number of imidazole rings is 1. The molecular weight excluding hydrogens is 311 g/mol. The highest BCUT2D eigenvalue weighted by Gasteiger charge is 2.06.